The molecule has 0 aliphatic heterocycles. The second-order valence-electron chi connectivity index (χ2n) is 11.5. The van der Waals surface area contributed by atoms with Gasteiger partial charge in [-0.3, -0.25) is 4.79 Å². The minimum atomic E-state index is -0.101. The van der Waals surface area contributed by atoms with Crippen molar-refractivity contribution in [2.24, 2.45) is 7.05 Å². The molecule has 1 aromatic carbocycles. The first-order chi connectivity index (χ1) is 21.5. The van der Waals surface area contributed by atoms with E-state index in [-0.39, 0.29) is 17.7 Å². The van der Waals surface area contributed by atoms with E-state index in [1.54, 1.807) is 21.5 Å². The fraction of sp³-hybridized carbons (Fsp3) is 0.273. The van der Waals surface area contributed by atoms with Gasteiger partial charge in [0.2, 0.25) is 5.95 Å². The number of halogens is 1. The normalized spacial score (nSPS) is 18.0. The molecule has 2 fully saturated rings. The second kappa shape index (κ2) is 10.8. The molecule has 0 radical (unpaired) electrons. The second-order valence-corrected chi connectivity index (χ2v) is 11.9. The molecule has 5 aromatic heterocycles. The molecule has 5 heterocycles. The maximum absolute atomic E-state index is 13.9. The zero-order valence-corrected chi connectivity index (χ0v) is 24.8. The first-order valence-corrected chi connectivity index (χ1v) is 15.2. The molecule has 2 atom stereocenters. The molecule has 44 heavy (non-hydrogen) atoms. The highest BCUT2D eigenvalue weighted by atomic mass is 35.5. The van der Waals surface area contributed by atoms with Crippen molar-refractivity contribution in [1.82, 2.24) is 28.7 Å². The summed E-state index contributed by atoms with van der Waals surface area (Å²) in [5.74, 6) is 1.87. The third-order valence-corrected chi connectivity index (χ3v) is 8.98. The number of anilines is 2. The van der Waals surface area contributed by atoms with Crippen LogP contribution in [0.4, 0.5) is 11.6 Å². The van der Waals surface area contributed by atoms with Crippen LogP contribution in [0, 0.1) is 0 Å². The van der Waals surface area contributed by atoms with E-state index in [9.17, 15) is 4.79 Å². The van der Waals surface area contributed by atoms with Crippen LogP contribution in [0.15, 0.2) is 84.2 Å². The Morgan fingerprint density at radius 1 is 1.02 bits per heavy atom. The number of aryl methyl sites for hydroxylation is 1. The molecule has 0 spiro atoms. The predicted molar refractivity (Wildman–Crippen MR) is 168 cm³/mol. The number of rotatable bonds is 9. The largest absolute Gasteiger partial charge is 0.450 e. The van der Waals surface area contributed by atoms with E-state index in [2.05, 4.69) is 32.5 Å². The van der Waals surface area contributed by atoms with Gasteiger partial charge in [0, 0.05) is 19.4 Å². The summed E-state index contributed by atoms with van der Waals surface area (Å²) in [5.41, 5.74) is 4.49. The highest BCUT2D eigenvalue weighted by Crippen LogP contribution is 2.42. The summed E-state index contributed by atoms with van der Waals surface area (Å²) in [5, 5.41) is 8.00. The topological polar surface area (TPSA) is 100 Å². The zero-order chi connectivity index (χ0) is 29.8. The minimum absolute atomic E-state index is 0.0124. The summed E-state index contributed by atoms with van der Waals surface area (Å²) in [6.45, 7) is 0.529. The number of ether oxygens (including phenoxy) is 2. The van der Waals surface area contributed by atoms with Crippen molar-refractivity contribution >= 4 is 39.9 Å². The standard InChI is InChI=1S/C33H30ClN7O3/c1-39-30-29(34)28(44-27-17-36-41-14-6-5-9-25(27)41)16-35-31(30)38-33(39)37-23-15-22(21-10-11-21)18-40(32(23)42)24-12-13-26(24)43-19-20-7-3-2-4-8-20/h2-9,14-18,21,24,26H,10-13,19H2,1H3,(H,35,37,38)/t24-,26+/m1/s1. The molecular formula is C33H30ClN7O3. The average Bonchev–Trinajstić information content (AvgIpc) is 3.73. The van der Waals surface area contributed by atoms with Crippen LogP contribution in [0.1, 0.15) is 48.8 Å². The summed E-state index contributed by atoms with van der Waals surface area (Å²) >= 11 is 6.86. The quantitative estimate of drug-likeness (QED) is 0.194. The third kappa shape index (κ3) is 4.80. The summed E-state index contributed by atoms with van der Waals surface area (Å²) in [7, 11) is 1.84. The van der Waals surface area contributed by atoms with Crippen molar-refractivity contribution in [2.45, 2.75) is 50.4 Å². The average molecular weight is 608 g/mol. The van der Waals surface area contributed by atoms with Crippen molar-refractivity contribution in [3.8, 4) is 11.5 Å². The van der Waals surface area contributed by atoms with Crippen LogP contribution in [0.5, 0.6) is 11.5 Å². The van der Waals surface area contributed by atoms with Gasteiger partial charge < -0.3 is 23.9 Å². The van der Waals surface area contributed by atoms with Crippen molar-refractivity contribution in [2.75, 3.05) is 5.32 Å². The number of imidazole rings is 1. The molecule has 8 rings (SSSR count). The Bertz CT molecular complexity index is 2070. The fourth-order valence-corrected chi connectivity index (χ4v) is 6.16. The molecule has 2 saturated carbocycles. The van der Waals surface area contributed by atoms with Crippen molar-refractivity contribution in [1.29, 1.82) is 0 Å². The zero-order valence-electron chi connectivity index (χ0n) is 24.1. The Morgan fingerprint density at radius 3 is 2.66 bits per heavy atom. The summed E-state index contributed by atoms with van der Waals surface area (Å²) in [6, 6.07) is 17.8. The predicted octanol–water partition coefficient (Wildman–Crippen LogP) is 6.76. The molecule has 0 saturated heterocycles. The minimum Gasteiger partial charge on any atom is -0.450 e. The van der Waals surface area contributed by atoms with E-state index in [0.717, 1.165) is 42.3 Å². The van der Waals surface area contributed by atoms with Gasteiger partial charge in [0.1, 0.15) is 21.7 Å². The highest BCUT2D eigenvalue weighted by Gasteiger charge is 2.36. The Labute approximate surface area is 257 Å². The first-order valence-electron chi connectivity index (χ1n) is 14.8. The molecule has 0 bridgehead atoms. The van der Waals surface area contributed by atoms with Crippen LogP contribution in [-0.2, 0) is 18.4 Å². The third-order valence-electron chi connectivity index (χ3n) is 8.62. The molecule has 11 heteroatoms. The number of hydrogen-bond donors (Lipinski definition) is 1. The van der Waals surface area contributed by atoms with Gasteiger partial charge in [-0.1, -0.05) is 48.0 Å². The summed E-state index contributed by atoms with van der Waals surface area (Å²) in [4.78, 5) is 23.1. The maximum atomic E-state index is 13.9. The van der Waals surface area contributed by atoms with Crippen LogP contribution >= 0.6 is 11.6 Å². The van der Waals surface area contributed by atoms with Gasteiger partial charge >= 0.3 is 0 Å². The fourth-order valence-electron chi connectivity index (χ4n) is 5.87. The summed E-state index contributed by atoms with van der Waals surface area (Å²) < 4.78 is 17.8. The molecule has 222 valence electrons. The lowest BCUT2D eigenvalue weighted by Crippen LogP contribution is -2.41. The summed E-state index contributed by atoms with van der Waals surface area (Å²) in [6.07, 6.45) is 11.1. The molecule has 10 nitrogen and oxygen atoms in total. The van der Waals surface area contributed by atoms with E-state index in [1.165, 1.54) is 0 Å². The maximum Gasteiger partial charge on any atom is 0.274 e. The van der Waals surface area contributed by atoms with Crippen molar-refractivity contribution in [3.63, 3.8) is 0 Å². The molecule has 2 aliphatic rings. The molecule has 6 aromatic rings. The number of fused-ring (bicyclic) bond motifs is 2. The monoisotopic (exact) mass is 607 g/mol. The Morgan fingerprint density at radius 2 is 1.86 bits per heavy atom. The van der Waals surface area contributed by atoms with Gasteiger partial charge in [0.05, 0.1) is 31.1 Å². The number of hydrogen-bond acceptors (Lipinski definition) is 7. The van der Waals surface area contributed by atoms with Crippen LogP contribution < -0.4 is 15.6 Å². The van der Waals surface area contributed by atoms with Crippen LogP contribution in [0.3, 0.4) is 0 Å². The van der Waals surface area contributed by atoms with Crippen LogP contribution in [0.2, 0.25) is 5.02 Å². The van der Waals surface area contributed by atoms with Crippen molar-refractivity contribution < 1.29 is 9.47 Å². The van der Waals surface area contributed by atoms with Gasteiger partial charge in [-0.25, -0.2) is 9.50 Å². The van der Waals surface area contributed by atoms with Crippen molar-refractivity contribution in [3.05, 3.63) is 106 Å². The molecule has 0 unspecified atom stereocenters. The van der Waals surface area contributed by atoms with Gasteiger partial charge in [0.25, 0.3) is 5.56 Å². The van der Waals surface area contributed by atoms with E-state index in [4.69, 9.17) is 21.1 Å². The molecule has 0 amide bonds. The lowest BCUT2D eigenvalue weighted by molar-refractivity contribution is -0.0503. The Hall–Kier alpha value is -4.67. The van der Waals surface area contributed by atoms with E-state index in [1.807, 2.05) is 66.5 Å². The van der Waals surface area contributed by atoms with Gasteiger partial charge in [-0.15, -0.1) is 0 Å². The van der Waals surface area contributed by atoms with Crippen LogP contribution in [-0.4, -0.2) is 34.8 Å². The van der Waals surface area contributed by atoms with Gasteiger partial charge in [-0.2, -0.15) is 10.1 Å². The van der Waals surface area contributed by atoms with Gasteiger partial charge in [0.15, 0.2) is 17.1 Å². The lowest BCUT2D eigenvalue weighted by atomic mass is 9.88. The number of aromatic nitrogens is 6. The number of pyridine rings is 3. The molecule has 2 aliphatic carbocycles. The highest BCUT2D eigenvalue weighted by molar-refractivity contribution is 6.36. The molecule has 1 N–H and O–H groups in total. The van der Waals surface area contributed by atoms with E-state index in [0.29, 0.717) is 51.8 Å². The smallest absolute Gasteiger partial charge is 0.274 e. The lowest BCUT2D eigenvalue weighted by Gasteiger charge is -2.38. The van der Waals surface area contributed by atoms with E-state index >= 15 is 0 Å². The number of nitrogens with zero attached hydrogens (tertiary/aromatic N) is 6. The van der Waals surface area contributed by atoms with E-state index < -0.39 is 0 Å². The first kappa shape index (κ1) is 26.9. The van der Waals surface area contributed by atoms with Crippen LogP contribution in [0.25, 0.3) is 16.7 Å². The SMILES string of the molecule is Cn1c(Nc2cc(C3CC3)cn([C@@H]3CC[C@@H]3OCc3ccccc3)c2=O)nc2ncc(Oc3cnn4ccccc34)c(Cl)c21. The number of nitrogens with one attached hydrogen (secondary N) is 1. The Kier molecular flexibility index (Phi) is 6.61. The number of benzene rings is 1. The molecular weight excluding hydrogens is 578 g/mol. The Balaban J connectivity index is 1.09. The van der Waals surface area contributed by atoms with Gasteiger partial charge in [-0.05, 0) is 60.9 Å².